The van der Waals surface area contributed by atoms with E-state index in [1.54, 1.807) is 6.07 Å². The van der Waals surface area contributed by atoms with E-state index in [4.69, 9.17) is 13.6 Å². The van der Waals surface area contributed by atoms with Crippen LogP contribution in [0.5, 0.6) is 17.2 Å². The number of hydrogen-bond donors (Lipinski definition) is 7. The fourth-order valence-corrected chi connectivity index (χ4v) is 5.55. The maximum Gasteiger partial charge on any atom is 0.197 e. The SMILES string of the molecule is O=c1cc(-c2ccc(O)cc2)oc2c([C@@H]3O[C@H](CO)[C@@H](O)[C@H](O)[C@H]3O)c(O)cc(O)c12.O=c1cc(-c2ccccc2)oc2ccccc12. The molecular formula is C36H30O12. The van der Waals surface area contributed by atoms with E-state index in [2.05, 4.69) is 0 Å². The Morgan fingerprint density at radius 3 is 1.96 bits per heavy atom. The summed E-state index contributed by atoms with van der Waals surface area (Å²) in [6, 6.07) is 26.1. The minimum atomic E-state index is -1.75. The molecule has 1 aliphatic heterocycles. The van der Waals surface area contributed by atoms with Crippen molar-refractivity contribution in [1.29, 1.82) is 0 Å². The normalized spacial score (nSPS) is 20.7. The van der Waals surface area contributed by atoms with E-state index in [9.17, 15) is 45.3 Å². The third-order valence-electron chi connectivity index (χ3n) is 8.02. The van der Waals surface area contributed by atoms with Crippen molar-refractivity contribution in [3.05, 3.63) is 123 Å². The number of phenolic OH excluding ortho intramolecular Hbond substituents is 3. The first-order valence-electron chi connectivity index (χ1n) is 14.8. The zero-order chi connectivity index (χ0) is 34.1. The zero-order valence-corrected chi connectivity index (χ0v) is 25.0. The highest BCUT2D eigenvalue weighted by Crippen LogP contribution is 2.43. The van der Waals surface area contributed by atoms with Crippen molar-refractivity contribution in [2.45, 2.75) is 30.5 Å². The number of aliphatic hydroxyl groups is 4. The van der Waals surface area contributed by atoms with Gasteiger partial charge in [0, 0.05) is 29.3 Å². The molecule has 4 aromatic carbocycles. The molecule has 3 heterocycles. The number of para-hydroxylation sites is 1. The third-order valence-corrected chi connectivity index (χ3v) is 8.02. The number of ether oxygens (including phenoxy) is 1. The van der Waals surface area contributed by atoms with Crippen molar-refractivity contribution in [1.82, 2.24) is 0 Å². The summed E-state index contributed by atoms with van der Waals surface area (Å²) in [4.78, 5) is 24.7. The number of hydrogen-bond acceptors (Lipinski definition) is 12. The summed E-state index contributed by atoms with van der Waals surface area (Å²) in [7, 11) is 0. The summed E-state index contributed by atoms with van der Waals surface area (Å²) in [5.41, 5.74) is 0.715. The second-order valence-electron chi connectivity index (χ2n) is 11.1. The maximum absolute atomic E-state index is 12.7. The Balaban J connectivity index is 0.000000198. The molecule has 0 saturated carbocycles. The molecule has 12 heteroatoms. The fraction of sp³-hybridized carbons (Fsp3) is 0.167. The number of rotatable bonds is 4. The van der Waals surface area contributed by atoms with Crippen LogP contribution in [0.2, 0.25) is 0 Å². The van der Waals surface area contributed by atoms with Crippen molar-refractivity contribution in [2.24, 2.45) is 0 Å². The molecule has 0 bridgehead atoms. The Morgan fingerprint density at radius 2 is 1.25 bits per heavy atom. The van der Waals surface area contributed by atoms with Crippen LogP contribution in [0.1, 0.15) is 11.7 Å². The van der Waals surface area contributed by atoms with Gasteiger partial charge in [0.05, 0.1) is 17.6 Å². The molecule has 7 N–H and O–H groups in total. The summed E-state index contributed by atoms with van der Waals surface area (Å²) in [5.74, 6) is -0.543. The van der Waals surface area contributed by atoms with Crippen LogP contribution in [-0.4, -0.2) is 66.8 Å². The molecule has 0 unspecified atom stereocenters. The minimum absolute atomic E-state index is 0.00861. The summed E-state index contributed by atoms with van der Waals surface area (Å²) < 4.78 is 17.0. The number of aromatic hydroxyl groups is 3. The van der Waals surface area contributed by atoms with Crippen molar-refractivity contribution >= 4 is 21.9 Å². The van der Waals surface area contributed by atoms with Gasteiger partial charge in [-0.3, -0.25) is 9.59 Å². The summed E-state index contributed by atoms with van der Waals surface area (Å²) >= 11 is 0. The number of benzene rings is 4. The molecule has 1 saturated heterocycles. The maximum atomic E-state index is 12.7. The summed E-state index contributed by atoms with van der Waals surface area (Å²) in [6.07, 6.45) is -7.87. The lowest BCUT2D eigenvalue weighted by Gasteiger charge is -2.40. The summed E-state index contributed by atoms with van der Waals surface area (Å²) in [6.45, 7) is -0.694. The standard InChI is InChI=1S/C21H20O10.C15H10O2/c22-7-14-17(27)18(28)19(29)21(31-14)16-11(25)5-10(24)15-12(26)6-13(30-20(15)16)8-1-3-9(23)4-2-8;16-13-10-15(11-6-2-1-3-7-11)17-14-9-5-4-8-12(13)14/h1-6,14,17-19,21-25,27-29H,7H2;1-10H/t14-,17-,18+,19-,21+;/m1./s1. The molecule has 6 aromatic rings. The van der Waals surface area contributed by atoms with Crippen LogP contribution in [0.15, 0.2) is 115 Å². The van der Waals surface area contributed by atoms with Crippen molar-refractivity contribution in [3.63, 3.8) is 0 Å². The minimum Gasteiger partial charge on any atom is -0.508 e. The number of aliphatic hydroxyl groups excluding tert-OH is 4. The van der Waals surface area contributed by atoms with Gasteiger partial charge in [0.2, 0.25) is 0 Å². The van der Waals surface area contributed by atoms with Crippen LogP contribution >= 0.6 is 0 Å². The fourth-order valence-electron chi connectivity index (χ4n) is 5.55. The van der Waals surface area contributed by atoms with Gasteiger partial charge in [-0.25, -0.2) is 0 Å². The monoisotopic (exact) mass is 654 g/mol. The van der Waals surface area contributed by atoms with E-state index >= 15 is 0 Å². The Morgan fingerprint density at radius 1 is 0.625 bits per heavy atom. The highest BCUT2D eigenvalue weighted by atomic mass is 16.5. The largest absolute Gasteiger partial charge is 0.508 e. The van der Waals surface area contributed by atoms with Crippen LogP contribution in [0.25, 0.3) is 44.6 Å². The van der Waals surface area contributed by atoms with E-state index in [0.29, 0.717) is 22.3 Å². The predicted octanol–water partition coefficient (Wildman–Crippen LogP) is 3.55. The van der Waals surface area contributed by atoms with Crippen molar-refractivity contribution < 1.29 is 49.3 Å². The molecule has 1 aliphatic rings. The van der Waals surface area contributed by atoms with E-state index in [-0.39, 0.29) is 33.5 Å². The molecule has 7 rings (SSSR count). The lowest BCUT2D eigenvalue weighted by molar-refractivity contribution is -0.231. The molecule has 5 atom stereocenters. The molecule has 0 aliphatic carbocycles. The van der Waals surface area contributed by atoms with Crippen LogP contribution in [-0.2, 0) is 4.74 Å². The van der Waals surface area contributed by atoms with Gasteiger partial charge in [0.1, 0.15) is 70.3 Å². The second-order valence-corrected chi connectivity index (χ2v) is 11.1. The average molecular weight is 655 g/mol. The molecule has 2 aromatic heterocycles. The Kier molecular flexibility index (Phi) is 9.00. The molecule has 0 radical (unpaired) electrons. The average Bonchev–Trinajstić information content (AvgIpc) is 3.08. The quantitative estimate of drug-likeness (QED) is 0.146. The van der Waals surface area contributed by atoms with Gasteiger partial charge in [0.25, 0.3) is 0 Å². The Labute approximate surface area is 271 Å². The lowest BCUT2D eigenvalue weighted by atomic mass is 9.89. The van der Waals surface area contributed by atoms with Gasteiger partial charge in [-0.05, 0) is 36.4 Å². The van der Waals surface area contributed by atoms with E-state index in [1.165, 1.54) is 30.3 Å². The van der Waals surface area contributed by atoms with Gasteiger partial charge >= 0.3 is 0 Å². The number of phenols is 3. The second kappa shape index (κ2) is 13.3. The highest BCUT2D eigenvalue weighted by Gasteiger charge is 2.46. The molecule has 0 amide bonds. The van der Waals surface area contributed by atoms with E-state index in [1.807, 2.05) is 48.5 Å². The Hall–Kier alpha value is -5.50. The topological polar surface area (TPSA) is 211 Å². The third kappa shape index (κ3) is 6.13. The van der Waals surface area contributed by atoms with E-state index < -0.39 is 54.1 Å². The molecule has 0 spiro atoms. The van der Waals surface area contributed by atoms with Gasteiger partial charge < -0.3 is 49.3 Å². The van der Waals surface area contributed by atoms with Crippen LogP contribution in [0.4, 0.5) is 0 Å². The first-order valence-corrected chi connectivity index (χ1v) is 14.8. The van der Waals surface area contributed by atoms with Gasteiger partial charge in [-0.1, -0.05) is 42.5 Å². The van der Waals surface area contributed by atoms with Crippen LogP contribution in [0.3, 0.4) is 0 Å². The lowest BCUT2D eigenvalue weighted by Crippen LogP contribution is -2.55. The first kappa shape index (κ1) is 32.4. The van der Waals surface area contributed by atoms with Gasteiger partial charge in [0.15, 0.2) is 16.4 Å². The first-order chi connectivity index (χ1) is 23.1. The molecule has 1 fully saturated rings. The smallest absolute Gasteiger partial charge is 0.197 e. The van der Waals surface area contributed by atoms with Crippen LogP contribution in [0, 0.1) is 0 Å². The summed E-state index contributed by atoms with van der Waals surface area (Å²) in [5, 5.41) is 70.6. The Bertz CT molecular complexity index is 2190. The predicted molar refractivity (Wildman–Crippen MR) is 174 cm³/mol. The molecule has 246 valence electrons. The van der Waals surface area contributed by atoms with Gasteiger partial charge in [-0.15, -0.1) is 0 Å². The highest BCUT2D eigenvalue weighted by molar-refractivity contribution is 5.89. The number of fused-ring (bicyclic) bond motifs is 2. The zero-order valence-electron chi connectivity index (χ0n) is 25.0. The van der Waals surface area contributed by atoms with Crippen LogP contribution < -0.4 is 10.9 Å². The molecule has 48 heavy (non-hydrogen) atoms. The molecule has 12 nitrogen and oxygen atoms in total. The molecular weight excluding hydrogens is 624 g/mol. The van der Waals surface area contributed by atoms with Crippen molar-refractivity contribution in [3.8, 4) is 39.9 Å². The van der Waals surface area contributed by atoms with Gasteiger partial charge in [-0.2, -0.15) is 0 Å². The van der Waals surface area contributed by atoms with Crippen molar-refractivity contribution in [2.75, 3.05) is 6.61 Å². The van der Waals surface area contributed by atoms with E-state index in [0.717, 1.165) is 17.7 Å².